The van der Waals surface area contributed by atoms with Crippen LogP contribution >= 0.6 is 11.8 Å². The molecule has 0 radical (unpaired) electrons. The van der Waals surface area contributed by atoms with Crippen LogP contribution in [0.5, 0.6) is 11.5 Å². The van der Waals surface area contributed by atoms with Crippen molar-refractivity contribution in [1.82, 2.24) is 4.90 Å². The van der Waals surface area contributed by atoms with Crippen LogP contribution in [0, 0.1) is 5.92 Å². The molecule has 0 saturated heterocycles. The number of amides is 1. The first kappa shape index (κ1) is 17.6. The number of carboxylic acid groups (broad SMARTS) is 1. The van der Waals surface area contributed by atoms with Crippen LogP contribution in [0.2, 0.25) is 0 Å². The fourth-order valence-electron chi connectivity index (χ4n) is 3.02. The Kier molecular flexibility index (Phi) is 4.89. The Morgan fingerprint density at radius 2 is 1.92 bits per heavy atom. The summed E-state index contributed by atoms with van der Waals surface area (Å²) in [4.78, 5) is 36.9. The van der Waals surface area contributed by atoms with Gasteiger partial charge in [0, 0.05) is 31.6 Å². The third kappa shape index (κ3) is 3.58. The van der Waals surface area contributed by atoms with E-state index < -0.39 is 17.9 Å². The maximum atomic E-state index is 12.8. The Bertz CT molecular complexity index is 734. The first-order valence-corrected chi connectivity index (χ1v) is 8.93. The normalized spacial score (nSPS) is 19.3. The number of carbonyl (C=O) groups excluding carboxylic acids is 2. The van der Waals surface area contributed by atoms with E-state index in [0.717, 1.165) is 22.9 Å². The molecule has 0 fully saturated rings. The average molecular weight is 365 g/mol. The standard InChI is InChI=1S/C17H19NO6S/c1-9(7-25-10(2)19)16(20)18-6-12-5-15-14(23-8-24-15)4-11(12)3-13(18)17(21)22/h4-5,9,13H,3,6-8H2,1-2H3,(H,21,22)/t9-,13+/m0/s1. The smallest absolute Gasteiger partial charge is 0.326 e. The number of nitrogens with zero attached hydrogens (tertiary/aromatic N) is 1. The van der Waals surface area contributed by atoms with E-state index in [-0.39, 0.29) is 30.8 Å². The van der Waals surface area contributed by atoms with Crippen molar-refractivity contribution in [1.29, 1.82) is 0 Å². The van der Waals surface area contributed by atoms with Crippen LogP contribution in [-0.2, 0) is 27.3 Å². The van der Waals surface area contributed by atoms with Gasteiger partial charge < -0.3 is 19.5 Å². The molecule has 8 heteroatoms. The monoisotopic (exact) mass is 365 g/mol. The molecule has 2 atom stereocenters. The quantitative estimate of drug-likeness (QED) is 0.867. The van der Waals surface area contributed by atoms with Gasteiger partial charge in [-0.15, -0.1) is 0 Å². The van der Waals surface area contributed by atoms with Gasteiger partial charge in [0.2, 0.25) is 12.7 Å². The predicted octanol–water partition coefficient (Wildman–Crippen LogP) is 1.67. The highest BCUT2D eigenvalue weighted by molar-refractivity contribution is 8.13. The lowest BCUT2D eigenvalue weighted by atomic mass is 9.92. The molecule has 0 unspecified atom stereocenters. The zero-order valence-electron chi connectivity index (χ0n) is 14.0. The lowest BCUT2D eigenvalue weighted by Crippen LogP contribution is -2.50. The highest BCUT2D eigenvalue weighted by Gasteiger charge is 2.37. The molecule has 25 heavy (non-hydrogen) atoms. The number of rotatable bonds is 4. The molecular weight excluding hydrogens is 346 g/mol. The molecule has 0 aliphatic carbocycles. The molecule has 1 amide bonds. The van der Waals surface area contributed by atoms with Gasteiger partial charge in [0.1, 0.15) is 6.04 Å². The molecule has 0 spiro atoms. The lowest BCUT2D eigenvalue weighted by molar-refractivity contribution is -0.152. The molecule has 0 bridgehead atoms. The molecule has 1 N–H and O–H groups in total. The summed E-state index contributed by atoms with van der Waals surface area (Å²) in [5, 5.41) is 9.50. The highest BCUT2D eigenvalue weighted by Crippen LogP contribution is 2.38. The largest absolute Gasteiger partial charge is 0.480 e. The van der Waals surface area contributed by atoms with E-state index in [4.69, 9.17) is 9.47 Å². The number of carboxylic acids is 1. The van der Waals surface area contributed by atoms with Gasteiger partial charge in [0.15, 0.2) is 16.6 Å². The SMILES string of the molecule is CC(=O)SC[C@H](C)C(=O)N1Cc2cc3c(cc2C[C@@H]1C(=O)O)OCO3. The third-order valence-electron chi connectivity index (χ3n) is 4.35. The highest BCUT2D eigenvalue weighted by atomic mass is 32.2. The number of ether oxygens (including phenoxy) is 2. The second-order valence-electron chi connectivity index (χ2n) is 6.20. The van der Waals surface area contributed by atoms with Crippen LogP contribution in [0.15, 0.2) is 12.1 Å². The minimum Gasteiger partial charge on any atom is -0.480 e. The summed E-state index contributed by atoms with van der Waals surface area (Å²) < 4.78 is 10.7. The minimum absolute atomic E-state index is 0.0638. The first-order chi connectivity index (χ1) is 11.9. The van der Waals surface area contributed by atoms with Crippen molar-refractivity contribution in [3.05, 3.63) is 23.3 Å². The Morgan fingerprint density at radius 3 is 2.52 bits per heavy atom. The fourth-order valence-corrected chi connectivity index (χ4v) is 3.65. The van der Waals surface area contributed by atoms with E-state index in [1.54, 1.807) is 13.0 Å². The number of hydrogen-bond donors (Lipinski definition) is 1. The van der Waals surface area contributed by atoms with Gasteiger partial charge in [-0.1, -0.05) is 18.7 Å². The fraction of sp³-hybridized carbons (Fsp3) is 0.471. The van der Waals surface area contributed by atoms with Crippen molar-refractivity contribution in [2.45, 2.75) is 32.9 Å². The van der Waals surface area contributed by atoms with Crippen molar-refractivity contribution >= 4 is 28.8 Å². The van der Waals surface area contributed by atoms with Gasteiger partial charge in [-0.25, -0.2) is 4.79 Å². The van der Waals surface area contributed by atoms with Crippen molar-refractivity contribution in [3.63, 3.8) is 0 Å². The topological polar surface area (TPSA) is 93.1 Å². The zero-order valence-corrected chi connectivity index (χ0v) is 14.8. The Morgan fingerprint density at radius 1 is 1.28 bits per heavy atom. The molecule has 7 nitrogen and oxygen atoms in total. The van der Waals surface area contributed by atoms with E-state index in [1.165, 1.54) is 11.8 Å². The summed E-state index contributed by atoms with van der Waals surface area (Å²) in [5.41, 5.74) is 1.72. The van der Waals surface area contributed by atoms with E-state index >= 15 is 0 Å². The van der Waals surface area contributed by atoms with Gasteiger partial charge in [0.05, 0.1) is 0 Å². The molecule has 1 aromatic rings. The van der Waals surface area contributed by atoms with Crippen LogP contribution in [0.1, 0.15) is 25.0 Å². The summed E-state index contributed by atoms with van der Waals surface area (Å²) in [6, 6.07) is 2.68. The van der Waals surface area contributed by atoms with Crippen LogP contribution in [0.4, 0.5) is 0 Å². The van der Waals surface area contributed by atoms with Crippen molar-refractivity contribution in [2.24, 2.45) is 5.92 Å². The third-order valence-corrected chi connectivity index (χ3v) is 5.42. The second kappa shape index (κ2) is 6.95. The molecule has 134 valence electrons. The number of aliphatic carboxylic acids is 1. The summed E-state index contributed by atoms with van der Waals surface area (Å²) in [6.07, 6.45) is 0.222. The predicted molar refractivity (Wildman–Crippen MR) is 90.5 cm³/mol. The van der Waals surface area contributed by atoms with Gasteiger partial charge in [0.25, 0.3) is 0 Å². The van der Waals surface area contributed by atoms with Crippen molar-refractivity contribution < 1.29 is 29.0 Å². The van der Waals surface area contributed by atoms with Gasteiger partial charge in [-0.05, 0) is 23.3 Å². The first-order valence-electron chi connectivity index (χ1n) is 7.95. The molecule has 2 aliphatic rings. The summed E-state index contributed by atoms with van der Waals surface area (Å²) in [6.45, 7) is 3.51. The Hall–Kier alpha value is -2.22. The molecule has 0 saturated carbocycles. The molecular formula is C17H19NO6S. The van der Waals surface area contributed by atoms with Crippen molar-refractivity contribution in [3.8, 4) is 11.5 Å². The Labute approximate surface area is 149 Å². The van der Waals surface area contributed by atoms with E-state index in [9.17, 15) is 19.5 Å². The molecule has 3 rings (SSSR count). The maximum absolute atomic E-state index is 12.8. The lowest BCUT2D eigenvalue weighted by Gasteiger charge is -2.36. The summed E-state index contributed by atoms with van der Waals surface area (Å²) >= 11 is 1.07. The zero-order chi connectivity index (χ0) is 18.1. The number of benzene rings is 1. The minimum atomic E-state index is -1.04. The van der Waals surface area contributed by atoms with Gasteiger partial charge in [-0.3, -0.25) is 9.59 Å². The summed E-state index contributed by atoms with van der Waals surface area (Å²) in [5.74, 6) is -0.182. The van der Waals surface area contributed by atoms with Crippen LogP contribution in [0.25, 0.3) is 0 Å². The second-order valence-corrected chi connectivity index (χ2v) is 7.40. The molecule has 2 aliphatic heterocycles. The van der Waals surface area contributed by atoms with Crippen molar-refractivity contribution in [2.75, 3.05) is 12.5 Å². The number of hydrogen-bond acceptors (Lipinski definition) is 6. The average Bonchev–Trinajstić information content (AvgIpc) is 3.02. The van der Waals surface area contributed by atoms with Crippen LogP contribution in [0.3, 0.4) is 0 Å². The Balaban J connectivity index is 1.84. The van der Waals surface area contributed by atoms with Crippen LogP contribution < -0.4 is 9.47 Å². The van der Waals surface area contributed by atoms with Gasteiger partial charge >= 0.3 is 5.97 Å². The van der Waals surface area contributed by atoms with Gasteiger partial charge in [-0.2, -0.15) is 0 Å². The molecule has 0 aromatic heterocycles. The van der Waals surface area contributed by atoms with E-state index in [2.05, 4.69) is 0 Å². The van der Waals surface area contributed by atoms with E-state index in [0.29, 0.717) is 17.3 Å². The number of fused-ring (bicyclic) bond motifs is 2. The molecule has 2 heterocycles. The summed E-state index contributed by atoms with van der Waals surface area (Å²) in [7, 11) is 0. The van der Waals surface area contributed by atoms with E-state index in [1.807, 2.05) is 6.07 Å². The number of thioether (sulfide) groups is 1. The maximum Gasteiger partial charge on any atom is 0.326 e. The molecule has 1 aromatic carbocycles. The van der Waals surface area contributed by atoms with Crippen LogP contribution in [-0.4, -0.2) is 45.6 Å². The number of carbonyl (C=O) groups is 3.